The molecular weight excluding hydrogens is 371 g/mol. The number of nitrogens with one attached hydrogen (secondary N) is 1. The average molecular weight is 387 g/mol. The fourth-order valence-corrected chi connectivity index (χ4v) is 3.17. The highest BCUT2D eigenvalue weighted by Gasteiger charge is 2.19. The molecule has 0 atom stereocenters. The van der Waals surface area contributed by atoms with Gasteiger partial charge < -0.3 is 5.32 Å². The minimum absolute atomic E-state index is 0.0996. The predicted molar refractivity (Wildman–Crippen MR) is 96.5 cm³/mol. The number of carbonyl (C=O) groups is 1. The highest BCUT2D eigenvalue weighted by molar-refractivity contribution is 7.89. The Bertz CT molecular complexity index is 896. The van der Waals surface area contributed by atoms with E-state index in [4.69, 9.17) is 23.2 Å². The molecule has 0 aliphatic rings. The van der Waals surface area contributed by atoms with Crippen LogP contribution in [0.4, 0.5) is 5.69 Å². The van der Waals surface area contributed by atoms with Crippen LogP contribution in [0.1, 0.15) is 15.9 Å². The van der Waals surface area contributed by atoms with Gasteiger partial charge in [-0.1, -0.05) is 29.3 Å². The molecule has 8 heteroatoms. The molecule has 0 radical (unpaired) electrons. The molecule has 0 spiro atoms. The van der Waals surface area contributed by atoms with Gasteiger partial charge in [0.1, 0.15) is 0 Å². The third-order valence-corrected chi connectivity index (χ3v) is 5.97. The maximum Gasteiger partial charge on any atom is 0.255 e. The van der Waals surface area contributed by atoms with Crippen LogP contribution in [-0.4, -0.2) is 32.7 Å². The van der Waals surface area contributed by atoms with E-state index in [-0.39, 0.29) is 9.92 Å². The van der Waals surface area contributed by atoms with E-state index in [1.165, 1.54) is 38.4 Å². The molecule has 2 aromatic carbocycles. The Balaban J connectivity index is 2.35. The first-order valence-electron chi connectivity index (χ1n) is 6.92. The standard InChI is InChI=1S/C16H16Cl2N2O3S/c1-10-4-6-12(24(22,23)20(2)3)9-15(10)19-16(21)11-5-7-13(17)14(18)8-11/h4-9H,1-3H3,(H,19,21). The Labute approximate surface area is 151 Å². The minimum Gasteiger partial charge on any atom is -0.322 e. The lowest BCUT2D eigenvalue weighted by molar-refractivity contribution is 0.102. The quantitative estimate of drug-likeness (QED) is 0.868. The smallest absolute Gasteiger partial charge is 0.255 e. The minimum atomic E-state index is -3.59. The molecule has 128 valence electrons. The van der Waals surface area contributed by atoms with Gasteiger partial charge in [-0.3, -0.25) is 4.79 Å². The monoisotopic (exact) mass is 386 g/mol. The topological polar surface area (TPSA) is 66.5 Å². The zero-order chi connectivity index (χ0) is 18.1. The molecule has 24 heavy (non-hydrogen) atoms. The summed E-state index contributed by atoms with van der Waals surface area (Å²) >= 11 is 11.8. The Hall–Kier alpha value is -1.60. The molecule has 2 rings (SSSR count). The number of aryl methyl sites for hydroxylation is 1. The third kappa shape index (κ3) is 3.89. The van der Waals surface area contributed by atoms with Crippen LogP contribution < -0.4 is 5.32 Å². The van der Waals surface area contributed by atoms with Gasteiger partial charge in [0.05, 0.1) is 14.9 Å². The molecule has 0 aliphatic carbocycles. The summed E-state index contributed by atoms with van der Waals surface area (Å²) in [4.78, 5) is 12.5. The first kappa shape index (κ1) is 18.7. The second kappa shape index (κ2) is 7.11. The summed E-state index contributed by atoms with van der Waals surface area (Å²) in [7, 11) is -0.690. The molecule has 1 amide bonds. The van der Waals surface area contributed by atoms with Crippen LogP contribution in [0.2, 0.25) is 10.0 Å². The van der Waals surface area contributed by atoms with Crippen molar-refractivity contribution in [2.24, 2.45) is 0 Å². The van der Waals surface area contributed by atoms with E-state index >= 15 is 0 Å². The summed E-state index contributed by atoms with van der Waals surface area (Å²) in [5.41, 5.74) is 1.47. The van der Waals surface area contributed by atoms with Crippen molar-refractivity contribution >= 4 is 44.8 Å². The largest absolute Gasteiger partial charge is 0.322 e. The van der Waals surface area contributed by atoms with Gasteiger partial charge in [0.2, 0.25) is 10.0 Å². The van der Waals surface area contributed by atoms with Gasteiger partial charge in [-0.25, -0.2) is 12.7 Å². The number of benzene rings is 2. The number of carbonyl (C=O) groups excluding carboxylic acids is 1. The predicted octanol–water partition coefficient (Wildman–Crippen LogP) is 3.80. The number of anilines is 1. The number of sulfonamides is 1. The Kier molecular flexibility index (Phi) is 5.55. The summed E-state index contributed by atoms with van der Waals surface area (Å²) in [5, 5.41) is 3.32. The fraction of sp³-hybridized carbons (Fsp3) is 0.188. The zero-order valence-electron chi connectivity index (χ0n) is 13.3. The van der Waals surface area contributed by atoms with E-state index in [1.807, 2.05) is 0 Å². The lowest BCUT2D eigenvalue weighted by Gasteiger charge is -2.14. The number of hydrogen-bond acceptors (Lipinski definition) is 3. The summed E-state index contributed by atoms with van der Waals surface area (Å²) < 4.78 is 25.5. The summed E-state index contributed by atoms with van der Waals surface area (Å²) in [6.07, 6.45) is 0. The second-order valence-corrected chi connectivity index (χ2v) is 8.31. The number of amides is 1. The molecule has 5 nitrogen and oxygen atoms in total. The molecule has 0 aromatic heterocycles. The van der Waals surface area contributed by atoms with Crippen LogP contribution in [-0.2, 0) is 10.0 Å². The van der Waals surface area contributed by atoms with Crippen molar-refractivity contribution in [3.05, 3.63) is 57.6 Å². The van der Waals surface area contributed by atoms with E-state index in [0.717, 1.165) is 9.87 Å². The Morgan fingerprint density at radius 3 is 2.29 bits per heavy atom. The molecule has 0 bridgehead atoms. The van der Waals surface area contributed by atoms with Crippen molar-refractivity contribution in [3.8, 4) is 0 Å². The second-order valence-electron chi connectivity index (χ2n) is 5.35. The molecule has 1 N–H and O–H groups in total. The van der Waals surface area contributed by atoms with Gasteiger partial charge in [0.25, 0.3) is 5.91 Å². The van der Waals surface area contributed by atoms with Gasteiger partial charge in [-0.2, -0.15) is 0 Å². The molecule has 0 aliphatic heterocycles. The normalized spacial score (nSPS) is 11.6. The van der Waals surface area contributed by atoms with E-state index < -0.39 is 15.9 Å². The van der Waals surface area contributed by atoms with Crippen molar-refractivity contribution in [2.45, 2.75) is 11.8 Å². The van der Waals surface area contributed by atoms with Crippen molar-refractivity contribution in [3.63, 3.8) is 0 Å². The van der Waals surface area contributed by atoms with Gasteiger partial charge in [-0.05, 0) is 42.8 Å². The average Bonchev–Trinajstić information content (AvgIpc) is 2.51. The number of nitrogens with zero attached hydrogens (tertiary/aromatic N) is 1. The lowest BCUT2D eigenvalue weighted by Crippen LogP contribution is -2.22. The van der Waals surface area contributed by atoms with Crippen LogP contribution in [0.15, 0.2) is 41.3 Å². The molecule has 0 saturated carbocycles. The van der Waals surface area contributed by atoms with Crippen LogP contribution in [0, 0.1) is 6.92 Å². The molecule has 0 unspecified atom stereocenters. The maximum absolute atomic E-state index is 12.4. The Morgan fingerprint density at radius 2 is 1.71 bits per heavy atom. The van der Waals surface area contributed by atoms with Crippen LogP contribution >= 0.6 is 23.2 Å². The molecular formula is C16H16Cl2N2O3S. The van der Waals surface area contributed by atoms with Crippen molar-refractivity contribution in [2.75, 3.05) is 19.4 Å². The van der Waals surface area contributed by atoms with Crippen molar-refractivity contribution in [1.82, 2.24) is 4.31 Å². The molecule has 2 aromatic rings. The number of rotatable bonds is 4. The first-order valence-corrected chi connectivity index (χ1v) is 9.12. The maximum atomic E-state index is 12.4. The van der Waals surface area contributed by atoms with Gasteiger partial charge in [-0.15, -0.1) is 0 Å². The number of hydrogen-bond donors (Lipinski definition) is 1. The fourth-order valence-electron chi connectivity index (χ4n) is 1.94. The van der Waals surface area contributed by atoms with Crippen LogP contribution in [0.3, 0.4) is 0 Å². The molecule has 0 saturated heterocycles. The van der Waals surface area contributed by atoms with E-state index in [9.17, 15) is 13.2 Å². The third-order valence-electron chi connectivity index (χ3n) is 3.42. The zero-order valence-corrected chi connectivity index (χ0v) is 15.6. The highest BCUT2D eigenvalue weighted by atomic mass is 35.5. The van der Waals surface area contributed by atoms with E-state index in [1.54, 1.807) is 19.1 Å². The SMILES string of the molecule is Cc1ccc(S(=O)(=O)N(C)C)cc1NC(=O)c1ccc(Cl)c(Cl)c1. The summed E-state index contributed by atoms with van der Waals surface area (Å²) in [6.45, 7) is 1.77. The Morgan fingerprint density at radius 1 is 1.04 bits per heavy atom. The van der Waals surface area contributed by atoms with Gasteiger partial charge >= 0.3 is 0 Å². The van der Waals surface area contributed by atoms with Crippen molar-refractivity contribution < 1.29 is 13.2 Å². The molecule has 0 fully saturated rings. The van der Waals surface area contributed by atoms with Gasteiger partial charge in [0, 0.05) is 25.3 Å². The lowest BCUT2D eigenvalue weighted by atomic mass is 10.1. The molecule has 0 heterocycles. The van der Waals surface area contributed by atoms with Crippen LogP contribution in [0.5, 0.6) is 0 Å². The number of halogens is 2. The van der Waals surface area contributed by atoms with Crippen LogP contribution in [0.25, 0.3) is 0 Å². The summed E-state index contributed by atoms with van der Waals surface area (Å²) in [5.74, 6) is -0.406. The van der Waals surface area contributed by atoms with Gasteiger partial charge in [0.15, 0.2) is 0 Å². The van der Waals surface area contributed by atoms with E-state index in [0.29, 0.717) is 16.3 Å². The highest BCUT2D eigenvalue weighted by Crippen LogP contribution is 2.25. The first-order chi connectivity index (χ1) is 11.1. The summed E-state index contributed by atoms with van der Waals surface area (Å²) in [6, 6.07) is 9.09. The van der Waals surface area contributed by atoms with Crippen molar-refractivity contribution in [1.29, 1.82) is 0 Å². The van der Waals surface area contributed by atoms with E-state index in [2.05, 4.69) is 5.32 Å².